The molecule has 0 spiro atoms. The van der Waals surface area contributed by atoms with Crippen LogP contribution in [-0.4, -0.2) is 35.4 Å². The van der Waals surface area contributed by atoms with Crippen molar-refractivity contribution in [3.63, 3.8) is 0 Å². The fourth-order valence-electron chi connectivity index (χ4n) is 2.72. The highest BCUT2D eigenvalue weighted by molar-refractivity contribution is 7.89. The number of halogens is 1. The predicted molar refractivity (Wildman–Crippen MR) is 74.6 cm³/mol. The monoisotopic (exact) mass is 305 g/mol. The van der Waals surface area contributed by atoms with Gasteiger partial charge in [-0.15, -0.1) is 0 Å². The summed E-state index contributed by atoms with van der Waals surface area (Å²) >= 11 is 6.01. The van der Waals surface area contributed by atoms with Gasteiger partial charge in [-0.05, 0) is 18.8 Å². The van der Waals surface area contributed by atoms with E-state index in [4.69, 9.17) is 11.6 Å². The van der Waals surface area contributed by atoms with E-state index in [0.29, 0.717) is 5.92 Å². The van der Waals surface area contributed by atoms with Crippen molar-refractivity contribution in [2.24, 2.45) is 13.0 Å². The van der Waals surface area contributed by atoms with Crippen molar-refractivity contribution >= 4 is 21.6 Å². The highest BCUT2D eigenvalue weighted by Gasteiger charge is 2.35. The summed E-state index contributed by atoms with van der Waals surface area (Å²) < 4.78 is 28.1. The quantitative estimate of drug-likeness (QED) is 0.861. The second-order valence-electron chi connectivity index (χ2n) is 5.30. The van der Waals surface area contributed by atoms with Gasteiger partial charge in [0.1, 0.15) is 5.15 Å². The molecule has 2 atom stereocenters. The summed E-state index contributed by atoms with van der Waals surface area (Å²) in [5, 5.41) is 0.118. The van der Waals surface area contributed by atoms with Gasteiger partial charge in [0.05, 0.1) is 6.33 Å². The molecule has 0 aliphatic heterocycles. The number of hydrogen-bond donors (Lipinski definition) is 0. The van der Waals surface area contributed by atoms with E-state index in [1.54, 1.807) is 14.1 Å². The second kappa shape index (κ2) is 5.42. The summed E-state index contributed by atoms with van der Waals surface area (Å²) in [7, 11) is -0.302. The first-order valence-electron chi connectivity index (χ1n) is 6.50. The molecule has 1 aromatic rings. The maximum atomic E-state index is 12.6. The van der Waals surface area contributed by atoms with Crippen LogP contribution in [0, 0.1) is 5.92 Å². The fraction of sp³-hybridized carbons (Fsp3) is 0.750. The highest BCUT2D eigenvalue weighted by Crippen LogP contribution is 2.31. The van der Waals surface area contributed by atoms with Crippen LogP contribution in [0.2, 0.25) is 5.15 Å². The van der Waals surface area contributed by atoms with Crippen molar-refractivity contribution < 1.29 is 8.42 Å². The zero-order chi connectivity index (χ0) is 14.2. The minimum absolute atomic E-state index is 0.0387. The van der Waals surface area contributed by atoms with Gasteiger partial charge in [-0.25, -0.2) is 13.4 Å². The first-order valence-corrected chi connectivity index (χ1v) is 8.32. The Balaban J connectivity index is 2.31. The molecule has 2 unspecified atom stereocenters. The van der Waals surface area contributed by atoms with Gasteiger partial charge >= 0.3 is 0 Å². The van der Waals surface area contributed by atoms with E-state index >= 15 is 0 Å². The number of aromatic nitrogens is 2. The lowest BCUT2D eigenvalue weighted by molar-refractivity contribution is 0.213. The minimum Gasteiger partial charge on any atom is -0.324 e. The average Bonchev–Trinajstić information content (AvgIpc) is 2.70. The SMILES string of the molecule is CC1CCCCC1N(C)S(=O)(=O)c1ncn(C)c1Cl. The van der Waals surface area contributed by atoms with Crippen molar-refractivity contribution in [1.82, 2.24) is 13.9 Å². The molecule has 0 N–H and O–H groups in total. The lowest BCUT2D eigenvalue weighted by atomic mass is 9.86. The van der Waals surface area contributed by atoms with Crippen molar-refractivity contribution in [1.29, 1.82) is 0 Å². The number of aryl methyl sites for hydroxylation is 1. The highest BCUT2D eigenvalue weighted by atomic mass is 35.5. The van der Waals surface area contributed by atoms with E-state index in [1.165, 1.54) is 21.6 Å². The number of imidazole rings is 1. The molecule has 0 bridgehead atoms. The van der Waals surface area contributed by atoms with Crippen LogP contribution >= 0.6 is 11.6 Å². The molecule has 1 fully saturated rings. The van der Waals surface area contributed by atoms with Gasteiger partial charge in [0, 0.05) is 20.1 Å². The maximum absolute atomic E-state index is 12.6. The first-order chi connectivity index (χ1) is 8.85. The Labute approximate surface area is 119 Å². The largest absolute Gasteiger partial charge is 0.324 e. The Bertz CT molecular complexity index is 555. The van der Waals surface area contributed by atoms with Gasteiger partial charge in [-0.3, -0.25) is 0 Å². The van der Waals surface area contributed by atoms with Crippen molar-refractivity contribution in [2.45, 2.75) is 43.7 Å². The molecule has 2 rings (SSSR count). The Morgan fingerprint density at radius 3 is 2.58 bits per heavy atom. The summed E-state index contributed by atoms with van der Waals surface area (Å²) in [6.07, 6.45) is 5.65. The first kappa shape index (κ1) is 14.8. The van der Waals surface area contributed by atoms with Crippen molar-refractivity contribution in [3.05, 3.63) is 11.5 Å². The van der Waals surface area contributed by atoms with Gasteiger partial charge in [-0.1, -0.05) is 31.4 Å². The van der Waals surface area contributed by atoms with E-state index in [1.807, 2.05) is 0 Å². The third-order valence-electron chi connectivity index (χ3n) is 3.99. The Hall–Kier alpha value is -0.590. The lowest BCUT2D eigenvalue weighted by Crippen LogP contribution is -2.42. The van der Waals surface area contributed by atoms with Crippen molar-refractivity contribution in [2.75, 3.05) is 7.05 Å². The summed E-state index contributed by atoms with van der Waals surface area (Å²) in [5.74, 6) is 0.371. The lowest BCUT2D eigenvalue weighted by Gasteiger charge is -2.35. The number of rotatable bonds is 3. The minimum atomic E-state index is -3.61. The van der Waals surface area contributed by atoms with Gasteiger partial charge in [0.2, 0.25) is 5.03 Å². The molecule has 5 nitrogen and oxygen atoms in total. The molecular weight excluding hydrogens is 286 g/mol. The third kappa shape index (κ3) is 2.66. The second-order valence-corrected chi connectivity index (χ2v) is 7.57. The Morgan fingerprint density at radius 1 is 1.42 bits per heavy atom. The van der Waals surface area contributed by atoms with Crippen LogP contribution in [0.3, 0.4) is 0 Å². The summed E-state index contributed by atoms with van der Waals surface area (Å²) in [5.41, 5.74) is 0. The number of sulfonamides is 1. The normalized spacial score (nSPS) is 24.9. The Kier molecular flexibility index (Phi) is 4.23. The van der Waals surface area contributed by atoms with E-state index in [9.17, 15) is 8.42 Å². The summed E-state index contributed by atoms with van der Waals surface area (Å²) in [6.45, 7) is 2.11. The summed E-state index contributed by atoms with van der Waals surface area (Å²) in [6, 6.07) is 0.0387. The van der Waals surface area contributed by atoms with E-state index < -0.39 is 10.0 Å². The number of hydrogen-bond acceptors (Lipinski definition) is 3. The van der Waals surface area contributed by atoms with Crippen LogP contribution in [0.1, 0.15) is 32.6 Å². The van der Waals surface area contributed by atoms with Crippen LogP contribution in [0.15, 0.2) is 11.4 Å². The van der Waals surface area contributed by atoms with Gasteiger partial charge in [0.25, 0.3) is 10.0 Å². The van der Waals surface area contributed by atoms with Gasteiger partial charge < -0.3 is 4.57 Å². The van der Waals surface area contributed by atoms with Crippen LogP contribution in [0.25, 0.3) is 0 Å². The third-order valence-corrected chi connectivity index (χ3v) is 6.37. The average molecular weight is 306 g/mol. The zero-order valence-electron chi connectivity index (χ0n) is 11.5. The molecule has 108 valence electrons. The standard InChI is InChI=1S/C12H20ClN3O2S/c1-9-6-4-5-7-10(9)16(3)19(17,18)12-11(13)15(2)8-14-12/h8-10H,4-7H2,1-3H3. The molecule has 0 amide bonds. The predicted octanol–water partition coefficient (Wildman–Crippen LogP) is 2.27. The molecule has 0 aromatic carbocycles. The molecule has 19 heavy (non-hydrogen) atoms. The van der Waals surface area contributed by atoms with Crippen LogP contribution in [0.5, 0.6) is 0 Å². The van der Waals surface area contributed by atoms with Crippen LogP contribution in [0.4, 0.5) is 0 Å². The van der Waals surface area contributed by atoms with Gasteiger partial charge in [0.15, 0.2) is 0 Å². The molecule has 1 aromatic heterocycles. The zero-order valence-corrected chi connectivity index (χ0v) is 13.1. The molecule has 1 heterocycles. The van der Waals surface area contributed by atoms with E-state index in [-0.39, 0.29) is 16.2 Å². The molecule has 0 radical (unpaired) electrons. The molecule has 7 heteroatoms. The van der Waals surface area contributed by atoms with E-state index in [0.717, 1.165) is 19.3 Å². The molecule has 0 saturated heterocycles. The Morgan fingerprint density at radius 2 is 2.05 bits per heavy atom. The molecule has 1 saturated carbocycles. The maximum Gasteiger partial charge on any atom is 0.263 e. The van der Waals surface area contributed by atoms with Gasteiger partial charge in [-0.2, -0.15) is 4.31 Å². The number of nitrogens with zero attached hydrogens (tertiary/aromatic N) is 3. The molecular formula is C12H20ClN3O2S. The van der Waals surface area contributed by atoms with Crippen molar-refractivity contribution in [3.8, 4) is 0 Å². The van der Waals surface area contributed by atoms with Crippen LogP contribution < -0.4 is 0 Å². The molecule has 1 aliphatic carbocycles. The van der Waals surface area contributed by atoms with Crippen LogP contribution in [-0.2, 0) is 17.1 Å². The fourth-order valence-corrected chi connectivity index (χ4v) is 4.58. The molecule has 1 aliphatic rings. The smallest absolute Gasteiger partial charge is 0.263 e. The summed E-state index contributed by atoms with van der Waals surface area (Å²) in [4.78, 5) is 3.93. The van der Waals surface area contributed by atoms with E-state index in [2.05, 4.69) is 11.9 Å². The topological polar surface area (TPSA) is 55.2 Å².